The Morgan fingerprint density at radius 2 is 1.95 bits per heavy atom. The lowest BCUT2D eigenvalue weighted by Gasteiger charge is -2.16. The molecule has 0 aliphatic carbocycles. The maximum Gasteiger partial charge on any atom is 0.573 e. The number of halogens is 3. The highest BCUT2D eigenvalue weighted by Gasteiger charge is 2.31. The smallest absolute Gasteiger partial charge is 0.406 e. The third-order valence-corrected chi connectivity index (χ3v) is 4.48. The van der Waals surface area contributed by atoms with E-state index in [-0.39, 0.29) is 23.6 Å². The van der Waals surface area contributed by atoms with Crippen LogP contribution in [-0.2, 0) is 15.8 Å². The van der Waals surface area contributed by atoms with Gasteiger partial charge in [0, 0.05) is 12.6 Å². The minimum atomic E-state index is -4.77. The van der Waals surface area contributed by atoms with Crippen LogP contribution in [0, 0.1) is 0 Å². The first-order valence-corrected chi connectivity index (χ1v) is 8.13. The summed E-state index contributed by atoms with van der Waals surface area (Å²) in [6.45, 7) is 2.29. The Bertz CT molecular complexity index is 604. The van der Waals surface area contributed by atoms with Gasteiger partial charge in [-0.1, -0.05) is 12.1 Å². The zero-order valence-electron chi connectivity index (χ0n) is 11.6. The Morgan fingerprint density at radius 1 is 1.32 bits per heavy atom. The van der Waals surface area contributed by atoms with Crippen molar-refractivity contribution in [3.63, 3.8) is 0 Å². The standard InChI is InChI=1S/C12H16F3N3O3S/c1-8-11(6-16-17-8)18-22(19,20)7-9-2-4-10(5-3-9)21-12(13,14)15/h2-5,8,11,16-18H,6-7H2,1H3. The molecule has 0 radical (unpaired) electrons. The second-order valence-electron chi connectivity index (χ2n) is 4.99. The molecule has 2 unspecified atom stereocenters. The first-order valence-electron chi connectivity index (χ1n) is 6.48. The van der Waals surface area contributed by atoms with E-state index in [1.807, 2.05) is 6.92 Å². The van der Waals surface area contributed by atoms with Crippen molar-refractivity contribution in [3.05, 3.63) is 29.8 Å². The Balaban J connectivity index is 1.97. The Morgan fingerprint density at radius 3 is 2.45 bits per heavy atom. The van der Waals surface area contributed by atoms with Crippen molar-refractivity contribution in [3.8, 4) is 5.75 Å². The quantitative estimate of drug-likeness (QED) is 0.742. The highest BCUT2D eigenvalue weighted by Crippen LogP contribution is 2.23. The molecule has 1 fully saturated rings. The molecule has 0 aromatic heterocycles. The molecule has 124 valence electrons. The molecule has 22 heavy (non-hydrogen) atoms. The van der Waals surface area contributed by atoms with E-state index < -0.39 is 16.4 Å². The molecule has 1 aliphatic heterocycles. The summed E-state index contributed by atoms with van der Waals surface area (Å²) in [6, 6.07) is 4.40. The van der Waals surface area contributed by atoms with Crippen molar-refractivity contribution in [2.75, 3.05) is 6.54 Å². The number of ether oxygens (including phenoxy) is 1. The van der Waals surface area contributed by atoms with Crippen LogP contribution in [0.3, 0.4) is 0 Å². The number of rotatable bonds is 5. The van der Waals surface area contributed by atoms with Gasteiger partial charge in [0.15, 0.2) is 0 Å². The van der Waals surface area contributed by atoms with Gasteiger partial charge in [-0.3, -0.25) is 10.9 Å². The summed E-state index contributed by atoms with van der Waals surface area (Å²) < 4.78 is 66.5. The normalized spacial score (nSPS) is 22.7. The van der Waals surface area contributed by atoms with E-state index in [0.29, 0.717) is 12.1 Å². The lowest BCUT2D eigenvalue weighted by molar-refractivity contribution is -0.274. The van der Waals surface area contributed by atoms with Crippen LogP contribution in [0.4, 0.5) is 13.2 Å². The van der Waals surface area contributed by atoms with Gasteiger partial charge in [0.1, 0.15) is 5.75 Å². The molecular weight excluding hydrogens is 323 g/mol. The number of hydrogen-bond donors (Lipinski definition) is 3. The highest BCUT2D eigenvalue weighted by molar-refractivity contribution is 7.88. The van der Waals surface area contributed by atoms with Crippen molar-refractivity contribution in [2.45, 2.75) is 31.1 Å². The van der Waals surface area contributed by atoms with Crippen molar-refractivity contribution < 1.29 is 26.3 Å². The fourth-order valence-corrected chi connectivity index (χ4v) is 3.49. The topological polar surface area (TPSA) is 79.5 Å². The average molecular weight is 339 g/mol. The minimum Gasteiger partial charge on any atom is -0.406 e. The van der Waals surface area contributed by atoms with E-state index in [4.69, 9.17) is 0 Å². The molecular formula is C12H16F3N3O3S. The number of nitrogens with one attached hydrogen (secondary N) is 3. The van der Waals surface area contributed by atoms with Crippen LogP contribution in [-0.4, -0.2) is 33.4 Å². The van der Waals surface area contributed by atoms with Crippen LogP contribution in [0.5, 0.6) is 5.75 Å². The number of hydrazine groups is 1. The second-order valence-corrected chi connectivity index (χ2v) is 6.74. The molecule has 10 heteroatoms. The van der Waals surface area contributed by atoms with E-state index in [1.54, 1.807) is 0 Å². The van der Waals surface area contributed by atoms with Gasteiger partial charge in [-0.15, -0.1) is 13.2 Å². The molecule has 2 atom stereocenters. The molecule has 1 heterocycles. The fourth-order valence-electron chi connectivity index (χ4n) is 2.03. The van der Waals surface area contributed by atoms with Crippen LogP contribution >= 0.6 is 0 Å². The second kappa shape index (κ2) is 6.41. The van der Waals surface area contributed by atoms with Gasteiger partial charge in [0.2, 0.25) is 10.0 Å². The average Bonchev–Trinajstić information content (AvgIpc) is 2.75. The van der Waals surface area contributed by atoms with Crippen LogP contribution in [0.2, 0.25) is 0 Å². The number of hydrogen-bond acceptors (Lipinski definition) is 5. The van der Waals surface area contributed by atoms with Crippen molar-refractivity contribution >= 4 is 10.0 Å². The van der Waals surface area contributed by atoms with E-state index in [0.717, 1.165) is 12.1 Å². The molecule has 0 spiro atoms. The van der Waals surface area contributed by atoms with Crippen LogP contribution in [0.15, 0.2) is 24.3 Å². The maximum absolute atomic E-state index is 12.0. The summed E-state index contributed by atoms with van der Waals surface area (Å²) in [7, 11) is -3.59. The third-order valence-electron chi connectivity index (χ3n) is 3.10. The van der Waals surface area contributed by atoms with E-state index in [1.165, 1.54) is 12.1 Å². The fraction of sp³-hybridized carbons (Fsp3) is 0.500. The number of sulfonamides is 1. The summed E-state index contributed by atoms with van der Waals surface area (Å²) in [5, 5.41) is 0. The van der Waals surface area contributed by atoms with E-state index in [2.05, 4.69) is 20.3 Å². The third kappa shape index (κ3) is 5.13. The predicted molar refractivity (Wildman–Crippen MR) is 73.3 cm³/mol. The summed E-state index contributed by atoms with van der Waals surface area (Å²) in [5.74, 6) is -0.706. The van der Waals surface area contributed by atoms with Gasteiger partial charge in [-0.25, -0.2) is 13.1 Å². The molecule has 1 aromatic carbocycles. The molecule has 1 saturated heterocycles. The molecule has 0 saturated carbocycles. The summed E-state index contributed by atoms with van der Waals surface area (Å²) in [6.07, 6.45) is -4.77. The molecule has 0 bridgehead atoms. The monoisotopic (exact) mass is 339 g/mol. The Labute approximate surface area is 126 Å². The van der Waals surface area contributed by atoms with Crippen LogP contribution in [0.1, 0.15) is 12.5 Å². The maximum atomic E-state index is 12.0. The Hall–Kier alpha value is -1.36. The summed E-state index contributed by atoms with van der Waals surface area (Å²) in [4.78, 5) is 0. The van der Waals surface area contributed by atoms with E-state index >= 15 is 0 Å². The van der Waals surface area contributed by atoms with Gasteiger partial charge < -0.3 is 4.74 Å². The summed E-state index contributed by atoms with van der Waals surface area (Å²) in [5.41, 5.74) is 6.09. The minimum absolute atomic E-state index is 0.0580. The zero-order valence-corrected chi connectivity index (χ0v) is 12.5. The van der Waals surface area contributed by atoms with Crippen molar-refractivity contribution in [1.82, 2.24) is 15.6 Å². The van der Waals surface area contributed by atoms with Gasteiger partial charge in [-0.05, 0) is 24.6 Å². The molecule has 6 nitrogen and oxygen atoms in total. The van der Waals surface area contributed by atoms with Gasteiger partial charge in [0.25, 0.3) is 0 Å². The lowest BCUT2D eigenvalue weighted by Crippen LogP contribution is -2.43. The molecule has 2 rings (SSSR count). The molecule has 1 aromatic rings. The number of benzene rings is 1. The van der Waals surface area contributed by atoms with Crippen LogP contribution < -0.4 is 20.3 Å². The largest absolute Gasteiger partial charge is 0.573 e. The molecule has 1 aliphatic rings. The Kier molecular flexibility index (Phi) is 4.95. The van der Waals surface area contributed by atoms with Crippen molar-refractivity contribution in [1.29, 1.82) is 0 Å². The lowest BCUT2D eigenvalue weighted by atomic mass is 10.2. The first kappa shape index (κ1) is 17.0. The predicted octanol–water partition coefficient (Wildman–Crippen LogP) is 0.870. The van der Waals surface area contributed by atoms with Gasteiger partial charge >= 0.3 is 6.36 Å². The SMILES string of the molecule is CC1NNCC1NS(=O)(=O)Cc1ccc(OC(F)(F)F)cc1. The number of alkyl halides is 3. The summed E-state index contributed by atoms with van der Waals surface area (Å²) >= 11 is 0. The van der Waals surface area contributed by atoms with Gasteiger partial charge in [-0.2, -0.15) is 0 Å². The molecule has 0 amide bonds. The zero-order chi connectivity index (χ0) is 16.4. The van der Waals surface area contributed by atoms with Crippen LogP contribution in [0.25, 0.3) is 0 Å². The molecule has 3 N–H and O–H groups in total. The van der Waals surface area contributed by atoms with E-state index in [9.17, 15) is 21.6 Å². The van der Waals surface area contributed by atoms with Crippen molar-refractivity contribution in [2.24, 2.45) is 0 Å². The first-order chi connectivity index (χ1) is 10.1. The van der Waals surface area contributed by atoms with Gasteiger partial charge in [0.05, 0.1) is 11.8 Å². The highest BCUT2D eigenvalue weighted by atomic mass is 32.2.